The molecule has 0 aliphatic carbocycles. The third-order valence-electron chi connectivity index (χ3n) is 5.11. The lowest BCUT2D eigenvalue weighted by Gasteiger charge is -2.34. The lowest BCUT2D eigenvalue weighted by molar-refractivity contribution is -0.127. The van der Waals surface area contributed by atoms with Crippen LogP contribution >= 0.6 is 11.6 Å². The van der Waals surface area contributed by atoms with Crippen LogP contribution < -0.4 is 9.47 Å². The van der Waals surface area contributed by atoms with E-state index in [1.165, 1.54) is 18.2 Å². The Morgan fingerprint density at radius 3 is 2.44 bits per heavy atom. The van der Waals surface area contributed by atoms with Gasteiger partial charge in [-0.15, -0.1) is 0 Å². The Labute approximate surface area is 192 Å². The van der Waals surface area contributed by atoms with Gasteiger partial charge in [0.05, 0.1) is 24.3 Å². The summed E-state index contributed by atoms with van der Waals surface area (Å²) in [6.07, 6.45) is 4.13. The number of halogens is 2. The van der Waals surface area contributed by atoms with Crippen molar-refractivity contribution >= 4 is 29.5 Å². The Morgan fingerprint density at radius 1 is 1.06 bits per heavy atom. The molecule has 2 aromatic carbocycles. The minimum absolute atomic E-state index is 0.0815. The van der Waals surface area contributed by atoms with E-state index < -0.39 is 5.82 Å². The van der Waals surface area contributed by atoms with Crippen LogP contribution in [-0.2, 0) is 4.79 Å². The normalized spacial score (nSPS) is 14.0. The maximum absolute atomic E-state index is 13.2. The van der Waals surface area contributed by atoms with Crippen LogP contribution in [0.5, 0.6) is 11.5 Å². The minimum Gasteiger partial charge on any atom is -0.493 e. The highest BCUT2D eigenvalue weighted by Crippen LogP contribution is 2.28. The van der Waals surface area contributed by atoms with Crippen molar-refractivity contribution in [3.8, 4) is 11.5 Å². The van der Waals surface area contributed by atoms with Gasteiger partial charge >= 0.3 is 0 Å². The van der Waals surface area contributed by atoms with Crippen molar-refractivity contribution < 1.29 is 23.5 Å². The maximum atomic E-state index is 13.2. The van der Waals surface area contributed by atoms with Crippen LogP contribution in [0.25, 0.3) is 6.08 Å². The highest BCUT2D eigenvalue weighted by Gasteiger charge is 2.25. The molecule has 8 heteroatoms. The van der Waals surface area contributed by atoms with Crippen molar-refractivity contribution in [2.45, 2.75) is 13.3 Å². The number of nitrogens with zero attached hydrogens (tertiary/aromatic N) is 2. The Bertz CT molecular complexity index is 1000. The van der Waals surface area contributed by atoms with Crippen LogP contribution in [0.3, 0.4) is 0 Å². The summed E-state index contributed by atoms with van der Waals surface area (Å²) in [6, 6.07) is 9.22. The number of rotatable bonds is 7. The van der Waals surface area contributed by atoms with Gasteiger partial charge in [-0.05, 0) is 48.4 Å². The SMILES string of the molecule is CCCOc1ccc(/C=C/C(=O)N2CCN(C(=O)c3ccc(F)cc3Cl)CC2)cc1OC. The summed E-state index contributed by atoms with van der Waals surface area (Å²) in [6.45, 7) is 4.20. The van der Waals surface area contributed by atoms with E-state index in [4.69, 9.17) is 21.1 Å². The van der Waals surface area contributed by atoms with E-state index in [1.54, 1.807) is 23.0 Å². The number of hydrogen-bond donors (Lipinski definition) is 0. The molecule has 2 aromatic rings. The Kier molecular flexibility index (Phi) is 8.11. The molecule has 170 valence electrons. The summed E-state index contributed by atoms with van der Waals surface area (Å²) in [5, 5.41) is 0.0815. The summed E-state index contributed by atoms with van der Waals surface area (Å²) in [4.78, 5) is 28.5. The molecular formula is C24H26ClFN2O4. The number of carbonyl (C=O) groups excluding carboxylic acids is 2. The molecule has 0 aromatic heterocycles. The Hall–Kier alpha value is -3.06. The lowest BCUT2D eigenvalue weighted by Crippen LogP contribution is -2.50. The third-order valence-corrected chi connectivity index (χ3v) is 5.42. The minimum atomic E-state index is -0.491. The molecule has 0 unspecified atom stereocenters. The van der Waals surface area contributed by atoms with E-state index in [0.717, 1.165) is 18.1 Å². The number of benzene rings is 2. The summed E-state index contributed by atoms with van der Waals surface area (Å²) >= 11 is 6.00. The van der Waals surface area contributed by atoms with E-state index in [2.05, 4.69) is 0 Å². The second-order valence-electron chi connectivity index (χ2n) is 7.33. The molecule has 3 rings (SSSR count). The van der Waals surface area contributed by atoms with Crippen molar-refractivity contribution in [2.24, 2.45) is 0 Å². The fourth-order valence-electron chi connectivity index (χ4n) is 3.36. The summed E-state index contributed by atoms with van der Waals surface area (Å²) < 4.78 is 24.2. The quantitative estimate of drug-likeness (QED) is 0.579. The number of methoxy groups -OCH3 is 1. The number of amides is 2. The van der Waals surface area contributed by atoms with Gasteiger partial charge in [-0.1, -0.05) is 24.6 Å². The first kappa shape index (κ1) is 23.6. The molecule has 1 saturated heterocycles. The van der Waals surface area contributed by atoms with E-state index in [9.17, 15) is 14.0 Å². The summed E-state index contributed by atoms with van der Waals surface area (Å²) in [7, 11) is 1.58. The average molecular weight is 461 g/mol. The zero-order valence-electron chi connectivity index (χ0n) is 18.1. The first-order valence-corrected chi connectivity index (χ1v) is 10.8. The second kappa shape index (κ2) is 11.0. The van der Waals surface area contributed by atoms with E-state index >= 15 is 0 Å². The zero-order valence-corrected chi connectivity index (χ0v) is 18.9. The predicted molar refractivity (Wildman–Crippen MR) is 122 cm³/mol. The molecule has 1 fully saturated rings. The van der Waals surface area contributed by atoms with Crippen LogP contribution in [0.2, 0.25) is 5.02 Å². The summed E-state index contributed by atoms with van der Waals surface area (Å²) in [5.74, 6) is 0.381. The Balaban J connectivity index is 1.57. The number of piperazine rings is 1. The molecule has 2 amide bonds. The summed E-state index contributed by atoms with van der Waals surface area (Å²) in [5.41, 5.74) is 1.08. The van der Waals surface area contributed by atoms with Gasteiger partial charge in [0, 0.05) is 32.3 Å². The Morgan fingerprint density at radius 2 is 1.78 bits per heavy atom. The molecule has 32 heavy (non-hydrogen) atoms. The first-order valence-electron chi connectivity index (χ1n) is 10.4. The molecule has 1 aliphatic heterocycles. The smallest absolute Gasteiger partial charge is 0.255 e. The molecule has 6 nitrogen and oxygen atoms in total. The van der Waals surface area contributed by atoms with Crippen molar-refractivity contribution in [3.05, 3.63) is 64.4 Å². The highest BCUT2D eigenvalue weighted by molar-refractivity contribution is 6.33. The van der Waals surface area contributed by atoms with E-state index in [0.29, 0.717) is 44.3 Å². The largest absolute Gasteiger partial charge is 0.493 e. The number of ether oxygens (including phenoxy) is 2. The first-order chi connectivity index (χ1) is 15.4. The average Bonchev–Trinajstić information content (AvgIpc) is 2.81. The molecule has 1 aliphatic rings. The fraction of sp³-hybridized carbons (Fsp3) is 0.333. The number of carbonyl (C=O) groups is 2. The van der Waals surface area contributed by atoms with Gasteiger partial charge in [-0.25, -0.2) is 4.39 Å². The van der Waals surface area contributed by atoms with Crippen LogP contribution in [0.15, 0.2) is 42.5 Å². The van der Waals surface area contributed by atoms with E-state index in [-0.39, 0.29) is 22.4 Å². The topological polar surface area (TPSA) is 59.1 Å². The molecule has 0 spiro atoms. The predicted octanol–water partition coefficient (Wildman–Crippen LogP) is 4.27. The van der Waals surface area contributed by atoms with Crippen LogP contribution in [0.4, 0.5) is 4.39 Å². The van der Waals surface area contributed by atoms with Gasteiger partial charge in [-0.2, -0.15) is 0 Å². The van der Waals surface area contributed by atoms with Gasteiger partial charge in [0.1, 0.15) is 5.82 Å². The second-order valence-corrected chi connectivity index (χ2v) is 7.74. The van der Waals surface area contributed by atoms with Crippen LogP contribution in [0.1, 0.15) is 29.3 Å². The molecule has 0 N–H and O–H groups in total. The zero-order chi connectivity index (χ0) is 23.1. The maximum Gasteiger partial charge on any atom is 0.255 e. The van der Waals surface area contributed by atoms with Gasteiger partial charge in [0.2, 0.25) is 5.91 Å². The van der Waals surface area contributed by atoms with Crippen molar-refractivity contribution in [1.82, 2.24) is 9.80 Å². The fourth-order valence-corrected chi connectivity index (χ4v) is 3.60. The van der Waals surface area contributed by atoms with Crippen LogP contribution in [0, 0.1) is 5.82 Å². The molecule has 0 radical (unpaired) electrons. The van der Waals surface area contributed by atoms with Gasteiger partial charge in [-0.3, -0.25) is 9.59 Å². The van der Waals surface area contributed by atoms with E-state index in [1.807, 2.05) is 25.1 Å². The van der Waals surface area contributed by atoms with Crippen molar-refractivity contribution in [2.75, 3.05) is 39.9 Å². The lowest BCUT2D eigenvalue weighted by atomic mass is 10.1. The van der Waals surface area contributed by atoms with Crippen LogP contribution in [-0.4, -0.2) is 61.5 Å². The van der Waals surface area contributed by atoms with Crippen molar-refractivity contribution in [3.63, 3.8) is 0 Å². The number of hydrogen-bond acceptors (Lipinski definition) is 4. The highest BCUT2D eigenvalue weighted by atomic mass is 35.5. The molecule has 1 heterocycles. The van der Waals surface area contributed by atoms with Gasteiger partial charge in [0.15, 0.2) is 11.5 Å². The van der Waals surface area contributed by atoms with Gasteiger partial charge in [0.25, 0.3) is 5.91 Å². The third kappa shape index (κ3) is 5.79. The molecule has 0 atom stereocenters. The monoisotopic (exact) mass is 460 g/mol. The standard InChI is InChI=1S/C24H26ClFN2O4/c1-3-14-32-21-8-4-17(15-22(21)31-2)5-9-23(29)27-10-12-28(13-11-27)24(30)19-7-6-18(26)16-20(19)25/h4-9,15-16H,3,10-14H2,1-2H3/b9-5+. The van der Waals surface area contributed by atoms with Crippen molar-refractivity contribution in [1.29, 1.82) is 0 Å². The molecular weight excluding hydrogens is 435 g/mol. The molecule has 0 bridgehead atoms. The van der Waals surface area contributed by atoms with Gasteiger partial charge < -0.3 is 19.3 Å². The molecule has 0 saturated carbocycles.